The molecule has 104 valence electrons. The van der Waals surface area contributed by atoms with E-state index in [2.05, 4.69) is 11.8 Å². The number of rotatable bonds is 2. The summed E-state index contributed by atoms with van der Waals surface area (Å²) < 4.78 is 5.73. The molecule has 0 saturated carbocycles. The number of hydrogen-bond donors (Lipinski definition) is 2. The molecule has 1 fully saturated rings. The molecule has 0 spiro atoms. The Kier molecular flexibility index (Phi) is 3.37. The fraction of sp³-hybridized carbons (Fsp3) is 0.600. The van der Waals surface area contributed by atoms with Gasteiger partial charge in [0.05, 0.1) is 6.04 Å². The zero-order chi connectivity index (χ0) is 13.4. The molecule has 2 aliphatic heterocycles. The second-order valence-electron chi connectivity index (χ2n) is 5.71. The fourth-order valence-electron chi connectivity index (χ4n) is 3.49. The van der Waals surface area contributed by atoms with Crippen LogP contribution in [-0.4, -0.2) is 35.7 Å². The Morgan fingerprint density at radius 1 is 1.47 bits per heavy atom. The maximum atomic E-state index is 9.52. The smallest absolute Gasteiger partial charge is 0.127 e. The molecule has 3 rings (SSSR count). The monoisotopic (exact) mass is 262 g/mol. The number of nitrogens with zero attached hydrogens (tertiary/aromatic N) is 1. The molecule has 19 heavy (non-hydrogen) atoms. The first kappa shape index (κ1) is 12.8. The van der Waals surface area contributed by atoms with E-state index in [0.29, 0.717) is 25.1 Å². The Morgan fingerprint density at radius 2 is 2.32 bits per heavy atom. The van der Waals surface area contributed by atoms with Crippen LogP contribution in [-0.2, 0) is 0 Å². The highest BCUT2D eigenvalue weighted by Crippen LogP contribution is 2.41. The van der Waals surface area contributed by atoms with Crippen molar-refractivity contribution in [1.29, 1.82) is 0 Å². The van der Waals surface area contributed by atoms with Gasteiger partial charge < -0.3 is 15.6 Å². The van der Waals surface area contributed by atoms with Gasteiger partial charge in [-0.1, -0.05) is 6.92 Å². The van der Waals surface area contributed by atoms with E-state index >= 15 is 0 Å². The van der Waals surface area contributed by atoms with Crippen LogP contribution in [0.5, 0.6) is 11.5 Å². The average molecular weight is 262 g/mol. The molecule has 0 aliphatic carbocycles. The molecule has 0 amide bonds. The third kappa shape index (κ3) is 2.19. The summed E-state index contributed by atoms with van der Waals surface area (Å²) >= 11 is 0. The SMILES string of the molecule is CC1CCCN(C2COc3cc(O)ccc32)C1CN. The van der Waals surface area contributed by atoms with Gasteiger partial charge in [-0.2, -0.15) is 0 Å². The number of benzene rings is 1. The van der Waals surface area contributed by atoms with Gasteiger partial charge in [-0.25, -0.2) is 0 Å². The van der Waals surface area contributed by atoms with Crippen LogP contribution in [0.4, 0.5) is 0 Å². The number of phenolic OH excluding ortho intramolecular Hbond substituents is 1. The Labute approximate surface area is 114 Å². The van der Waals surface area contributed by atoms with Gasteiger partial charge in [0.25, 0.3) is 0 Å². The van der Waals surface area contributed by atoms with Crippen molar-refractivity contribution in [3.63, 3.8) is 0 Å². The first-order valence-corrected chi connectivity index (χ1v) is 7.12. The van der Waals surface area contributed by atoms with Crippen molar-refractivity contribution >= 4 is 0 Å². The van der Waals surface area contributed by atoms with Crippen LogP contribution in [0.25, 0.3) is 0 Å². The Balaban J connectivity index is 1.88. The predicted molar refractivity (Wildman–Crippen MR) is 74.3 cm³/mol. The van der Waals surface area contributed by atoms with Crippen molar-refractivity contribution < 1.29 is 9.84 Å². The van der Waals surface area contributed by atoms with Gasteiger partial charge in [0, 0.05) is 24.2 Å². The minimum absolute atomic E-state index is 0.266. The van der Waals surface area contributed by atoms with Crippen molar-refractivity contribution in [2.24, 2.45) is 11.7 Å². The normalized spacial score (nSPS) is 30.9. The van der Waals surface area contributed by atoms with Gasteiger partial charge in [0.2, 0.25) is 0 Å². The molecule has 0 aromatic heterocycles. The second-order valence-corrected chi connectivity index (χ2v) is 5.71. The minimum atomic E-state index is 0.266. The minimum Gasteiger partial charge on any atom is -0.508 e. The molecule has 2 heterocycles. The number of aromatic hydroxyl groups is 1. The Hall–Kier alpha value is -1.26. The van der Waals surface area contributed by atoms with E-state index < -0.39 is 0 Å². The van der Waals surface area contributed by atoms with E-state index in [9.17, 15) is 5.11 Å². The topological polar surface area (TPSA) is 58.7 Å². The largest absolute Gasteiger partial charge is 0.508 e. The van der Waals surface area contributed by atoms with Gasteiger partial charge in [-0.15, -0.1) is 0 Å². The summed E-state index contributed by atoms with van der Waals surface area (Å²) in [6, 6.07) is 6.15. The zero-order valence-electron chi connectivity index (χ0n) is 11.4. The van der Waals surface area contributed by atoms with Crippen molar-refractivity contribution in [2.45, 2.75) is 31.8 Å². The molecule has 3 unspecified atom stereocenters. The number of ether oxygens (including phenoxy) is 1. The van der Waals surface area contributed by atoms with Gasteiger partial charge in [-0.3, -0.25) is 4.90 Å². The van der Waals surface area contributed by atoms with E-state index in [1.807, 2.05) is 6.07 Å². The standard InChI is InChI=1S/C15H22N2O2/c1-10-3-2-6-17(13(10)8-16)14-9-19-15-7-11(18)4-5-12(14)15/h4-5,7,10,13-14,18H,2-3,6,8-9,16H2,1H3. The summed E-state index contributed by atoms with van der Waals surface area (Å²) in [5.74, 6) is 1.72. The lowest BCUT2D eigenvalue weighted by atomic mass is 9.88. The van der Waals surface area contributed by atoms with Crippen LogP contribution < -0.4 is 10.5 Å². The number of likely N-dealkylation sites (tertiary alicyclic amines) is 1. The maximum absolute atomic E-state index is 9.52. The van der Waals surface area contributed by atoms with Gasteiger partial charge in [-0.05, 0) is 37.4 Å². The average Bonchev–Trinajstić information content (AvgIpc) is 2.81. The van der Waals surface area contributed by atoms with Crippen LogP contribution in [0.15, 0.2) is 18.2 Å². The van der Waals surface area contributed by atoms with E-state index in [0.717, 1.165) is 12.3 Å². The second kappa shape index (κ2) is 5.02. The number of phenols is 1. The first-order valence-electron chi connectivity index (χ1n) is 7.12. The summed E-state index contributed by atoms with van der Waals surface area (Å²) in [5.41, 5.74) is 7.16. The van der Waals surface area contributed by atoms with Crippen LogP contribution in [0.2, 0.25) is 0 Å². The molecular formula is C15H22N2O2. The molecular weight excluding hydrogens is 240 g/mol. The molecule has 1 aromatic carbocycles. The number of fused-ring (bicyclic) bond motifs is 1. The summed E-state index contributed by atoms with van der Waals surface area (Å²) in [6.45, 7) is 4.74. The quantitative estimate of drug-likeness (QED) is 0.854. The van der Waals surface area contributed by atoms with Crippen LogP contribution in [0.3, 0.4) is 0 Å². The van der Waals surface area contributed by atoms with Crippen molar-refractivity contribution in [1.82, 2.24) is 4.90 Å². The van der Waals surface area contributed by atoms with Gasteiger partial charge in [0.1, 0.15) is 18.1 Å². The van der Waals surface area contributed by atoms with E-state index in [-0.39, 0.29) is 11.8 Å². The molecule has 4 heteroatoms. The summed E-state index contributed by atoms with van der Waals surface area (Å²) in [4.78, 5) is 2.50. The zero-order valence-corrected chi connectivity index (χ0v) is 11.4. The summed E-state index contributed by atoms with van der Waals surface area (Å²) in [5, 5.41) is 9.52. The van der Waals surface area contributed by atoms with Crippen LogP contribution in [0, 0.1) is 5.92 Å². The molecule has 0 bridgehead atoms. The van der Waals surface area contributed by atoms with Crippen molar-refractivity contribution in [3.05, 3.63) is 23.8 Å². The fourth-order valence-corrected chi connectivity index (χ4v) is 3.49. The van der Waals surface area contributed by atoms with Crippen molar-refractivity contribution in [3.8, 4) is 11.5 Å². The lowest BCUT2D eigenvalue weighted by Crippen LogP contribution is -2.50. The predicted octanol–water partition coefficient (Wildman–Crippen LogP) is 1.88. The lowest BCUT2D eigenvalue weighted by Gasteiger charge is -2.42. The lowest BCUT2D eigenvalue weighted by molar-refractivity contribution is 0.0516. The highest BCUT2D eigenvalue weighted by molar-refractivity contribution is 5.44. The molecule has 4 nitrogen and oxygen atoms in total. The third-order valence-electron chi connectivity index (χ3n) is 4.55. The molecule has 1 saturated heterocycles. The van der Waals surface area contributed by atoms with Gasteiger partial charge in [0.15, 0.2) is 0 Å². The van der Waals surface area contributed by atoms with Crippen LogP contribution >= 0.6 is 0 Å². The summed E-state index contributed by atoms with van der Waals surface area (Å²) in [7, 11) is 0. The third-order valence-corrected chi connectivity index (χ3v) is 4.55. The van der Waals surface area contributed by atoms with Crippen molar-refractivity contribution in [2.75, 3.05) is 19.7 Å². The number of piperidine rings is 1. The first-order chi connectivity index (χ1) is 9.20. The summed E-state index contributed by atoms with van der Waals surface area (Å²) in [6.07, 6.45) is 2.48. The Morgan fingerprint density at radius 3 is 3.11 bits per heavy atom. The van der Waals surface area contributed by atoms with Crippen LogP contribution in [0.1, 0.15) is 31.4 Å². The maximum Gasteiger partial charge on any atom is 0.127 e. The molecule has 3 atom stereocenters. The van der Waals surface area contributed by atoms with Gasteiger partial charge >= 0.3 is 0 Å². The Bertz CT molecular complexity index is 463. The van der Waals surface area contributed by atoms with E-state index in [1.165, 1.54) is 18.4 Å². The molecule has 0 radical (unpaired) electrons. The molecule has 1 aromatic rings. The van der Waals surface area contributed by atoms with E-state index in [4.69, 9.17) is 10.5 Å². The highest BCUT2D eigenvalue weighted by atomic mass is 16.5. The highest BCUT2D eigenvalue weighted by Gasteiger charge is 2.37. The number of hydrogen-bond acceptors (Lipinski definition) is 4. The number of nitrogens with two attached hydrogens (primary N) is 1. The van der Waals surface area contributed by atoms with E-state index in [1.54, 1.807) is 12.1 Å². The molecule has 3 N–H and O–H groups in total. The molecule has 2 aliphatic rings.